The SMILES string of the molecule is C[C@@H]1CNC[C@H]1C(=O)N(CC(=O)O)CC1CC1. The van der Waals surface area contributed by atoms with Gasteiger partial charge in [-0.3, -0.25) is 9.59 Å². The Morgan fingerprint density at radius 2 is 2.06 bits per heavy atom. The summed E-state index contributed by atoms with van der Waals surface area (Å²) in [5.74, 6) is -0.122. The molecule has 2 rings (SSSR count). The summed E-state index contributed by atoms with van der Waals surface area (Å²) in [6.07, 6.45) is 2.25. The van der Waals surface area contributed by atoms with Gasteiger partial charge in [0.15, 0.2) is 0 Å². The molecule has 17 heavy (non-hydrogen) atoms. The summed E-state index contributed by atoms with van der Waals surface area (Å²) in [7, 11) is 0. The van der Waals surface area contributed by atoms with Crippen molar-refractivity contribution in [1.29, 1.82) is 0 Å². The lowest BCUT2D eigenvalue weighted by Crippen LogP contribution is -2.42. The Morgan fingerprint density at radius 1 is 1.35 bits per heavy atom. The van der Waals surface area contributed by atoms with E-state index in [1.165, 1.54) is 4.90 Å². The van der Waals surface area contributed by atoms with Crippen LogP contribution in [0.1, 0.15) is 19.8 Å². The number of nitrogens with zero attached hydrogens (tertiary/aromatic N) is 1. The van der Waals surface area contributed by atoms with Crippen molar-refractivity contribution in [1.82, 2.24) is 10.2 Å². The maximum atomic E-state index is 12.3. The summed E-state index contributed by atoms with van der Waals surface area (Å²) in [6, 6.07) is 0. The largest absolute Gasteiger partial charge is 0.480 e. The predicted molar refractivity (Wildman–Crippen MR) is 62.5 cm³/mol. The van der Waals surface area contributed by atoms with Crippen LogP contribution in [0.2, 0.25) is 0 Å². The van der Waals surface area contributed by atoms with Gasteiger partial charge in [0.1, 0.15) is 6.54 Å². The van der Waals surface area contributed by atoms with Crippen LogP contribution in [-0.2, 0) is 9.59 Å². The summed E-state index contributed by atoms with van der Waals surface area (Å²) < 4.78 is 0. The molecule has 2 aliphatic rings. The lowest BCUT2D eigenvalue weighted by atomic mass is 9.96. The van der Waals surface area contributed by atoms with Crippen LogP contribution < -0.4 is 5.32 Å². The molecule has 1 aliphatic heterocycles. The molecule has 1 saturated carbocycles. The van der Waals surface area contributed by atoms with Crippen molar-refractivity contribution in [2.45, 2.75) is 19.8 Å². The van der Waals surface area contributed by atoms with E-state index in [2.05, 4.69) is 5.32 Å². The molecule has 0 aromatic carbocycles. The highest BCUT2D eigenvalue weighted by atomic mass is 16.4. The van der Waals surface area contributed by atoms with Gasteiger partial charge < -0.3 is 15.3 Å². The molecule has 2 atom stereocenters. The predicted octanol–water partition coefficient (Wildman–Crippen LogP) is 0.165. The summed E-state index contributed by atoms with van der Waals surface area (Å²) in [5.41, 5.74) is 0. The van der Waals surface area contributed by atoms with Crippen LogP contribution >= 0.6 is 0 Å². The van der Waals surface area contributed by atoms with E-state index in [0.717, 1.165) is 19.4 Å². The van der Waals surface area contributed by atoms with Crippen molar-refractivity contribution in [3.05, 3.63) is 0 Å². The van der Waals surface area contributed by atoms with Crippen molar-refractivity contribution in [3.63, 3.8) is 0 Å². The number of carbonyl (C=O) groups excluding carboxylic acids is 1. The second kappa shape index (κ2) is 5.04. The van der Waals surface area contributed by atoms with Gasteiger partial charge >= 0.3 is 5.97 Å². The smallest absolute Gasteiger partial charge is 0.323 e. The molecule has 5 heteroatoms. The molecule has 1 heterocycles. The third-order valence-electron chi connectivity index (χ3n) is 3.65. The Balaban J connectivity index is 1.97. The Labute approximate surface area is 101 Å². The highest BCUT2D eigenvalue weighted by Gasteiger charge is 2.35. The molecular formula is C12H20N2O3. The molecule has 0 aromatic heterocycles. The second-order valence-electron chi connectivity index (χ2n) is 5.30. The van der Waals surface area contributed by atoms with Gasteiger partial charge in [0, 0.05) is 13.1 Å². The van der Waals surface area contributed by atoms with Crippen molar-refractivity contribution >= 4 is 11.9 Å². The molecule has 2 N–H and O–H groups in total. The first-order valence-corrected chi connectivity index (χ1v) is 6.29. The van der Waals surface area contributed by atoms with E-state index < -0.39 is 5.97 Å². The molecule has 1 amide bonds. The van der Waals surface area contributed by atoms with E-state index in [0.29, 0.717) is 24.9 Å². The minimum atomic E-state index is -0.919. The first-order chi connectivity index (χ1) is 8.08. The Morgan fingerprint density at radius 3 is 2.53 bits per heavy atom. The van der Waals surface area contributed by atoms with Crippen molar-refractivity contribution < 1.29 is 14.7 Å². The first kappa shape index (κ1) is 12.4. The summed E-state index contributed by atoms with van der Waals surface area (Å²) in [5, 5.41) is 12.1. The van der Waals surface area contributed by atoms with E-state index in [1.807, 2.05) is 6.92 Å². The zero-order valence-corrected chi connectivity index (χ0v) is 10.2. The summed E-state index contributed by atoms with van der Waals surface area (Å²) in [6.45, 7) is 4.03. The third-order valence-corrected chi connectivity index (χ3v) is 3.65. The number of carbonyl (C=O) groups is 2. The van der Waals surface area contributed by atoms with E-state index >= 15 is 0 Å². The molecule has 0 radical (unpaired) electrons. The minimum Gasteiger partial charge on any atom is -0.480 e. The molecular weight excluding hydrogens is 220 g/mol. The summed E-state index contributed by atoms with van der Waals surface area (Å²) >= 11 is 0. The number of amides is 1. The van der Waals surface area contributed by atoms with Crippen LogP contribution in [0.15, 0.2) is 0 Å². The Hall–Kier alpha value is -1.10. The maximum absolute atomic E-state index is 12.3. The second-order valence-corrected chi connectivity index (χ2v) is 5.30. The van der Waals surface area contributed by atoms with Crippen LogP contribution in [0.5, 0.6) is 0 Å². The lowest BCUT2D eigenvalue weighted by Gasteiger charge is -2.25. The van der Waals surface area contributed by atoms with Crippen molar-refractivity contribution in [3.8, 4) is 0 Å². The molecule has 0 bridgehead atoms. The van der Waals surface area contributed by atoms with Gasteiger partial charge in [0.25, 0.3) is 0 Å². The third kappa shape index (κ3) is 3.19. The van der Waals surface area contributed by atoms with Crippen LogP contribution in [0, 0.1) is 17.8 Å². The van der Waals surface area contributed by atoms with Crippen LogP contribution in [0.4, 0.5) is 0 Å². The fourth-order valence-electron chi connectivity index (χ4n) is 2.38. The van der Waals surface area contributed by atoms with Gasteiger partial charge in [-0.05, 0) is 31.2 Å². The number of nitrogens with one attached hydrogen (secondary N) is 1. The number of aliphatic carboxylic acids is 1. The molecule has 0 aromatic rings. The Kier molecular flexibility index (Phi) is 3.66. The van der Waals surface area contributed by atoms with Gasteiger partial charge in [-0.1, -0.05) is 6.92 Å². The van der Waals surface area contributed by atoms with Crippen LogP contribution in [0.25, 0.3) is 0 Å². The van der Waals surface area contributed by atoms with E-state index in [-0.39, 0.29) is 18.4 Å². The fraction of sp³-hybridized carbons (Fsp3) is 0.833. The average Bonchev–Trinajstić information content (AvgIpc) is 2.97. The van der Waals surface area contributed by atoms with Gasteiger partial charge in [-0.25, -0.2) is 0 Å². The molecule has 5 nitrogen and oxygen atoms in total. The number of rotatable bonds is 5. The molecule has 0 spiro atoms. The lowest BCUT2D eigenvalue weighted by molar-refractivity contribution is -0.146. The maximum Gasteiger partial charge on any atom is 0.323 e. The molecule has 1 aliphatic carbocycles. The zero-order valence-electron chi connectivity index (χ0n) is 10.2. The van der Waals surface area contributed by atoms with E-state index in [4.69, 9.17) is 5.11 Å². The zero-order chi connectivity index (χ0) is 12.4. The normalized spacial score (nSPS) is 28.1. The van der Waals surface area contributed by atoms with Crippen LogP contribution in [0.3, 0.4) is 0 Å². The minimum absolute atomic E-state index is 0.0109. The monoisotopic (exact) mass is 240 g/mol. The van der Waals surface area contributed by atoms with Gasteiger partial charge in [-0.2, -0.15) is 0 Å². The number of hydrogen-bond acceptors (Lipinski definition) is 3. The number of carboxylic acid groups (broad SMARTS) is 1. The van der Waals surface area contributed by atoms with Crippen LogP contribution in [-0.4, -0.2) is 48.1 Å². The molecule has 96 valence electrons. The van der Waals surface area contributed by atoms with Crippen molar-refractivity contribution in [2.24, 2.45) is 17.8 Å². The van der Waals surface area contributed by atoms with Gasteiger partial charge in [-0.15, -0.1) is 0 Å². The van der Waals surface area contributed by atoms with E-state index in [9.17, 15) is 9.59 Å². The van der Waals surface area contributed by atoms with Crippen molar-refractivity contribution in [2.75, 3.05) is 26.2 Å². The standard InChI is InChI=1S/C12H20N2O3/c1-8-4-13-5-10(8)12(17)14(7-11(15)16)6-9-2-3-9/h8-10,13H,2-7H2,1H3,(H,15,16)/t8-,10-/m1/s1. The topological polar surface area (TPSA) is 69.6 Å². The molecule has 0 unspecified atom stereocenters. The number of hydrogen-bond donors (Lipinski definition) is 2. The molecule has 1 saturated heterocycles. The average molecular weight is 240 g/mol. The summed E-state index contributed by atoms with van der Waals surface area (Å²) in [4.78, 5) is 24.6. The highest BCUT2D eigenvalue weighted by molar-refractivity contribution is 5.83. The quantitative estimate of drug-likeness (QED) is 0.718. The van der Waals surface area contributed by atoms with E-state index in [1.54, 1.807) is 0 Å². The first-order valence-electron chi connectivity index (χ1n) is 6.29. The Bertz CT molecular complexity index is 315. The van der Waals surface area contributed by atoms with Gasteiger partial charge in [0.05, 0.1) is 5.92 Å². The highest BCUT2D eigenvalue weighted by Crippen LogP contribution is 2.30. The van der Waals surface area contributed by atoms with Gasteiger partial charge in [0.2, 0.25) is 5.91 Å². The fourth-order valence-corrected chi connectivity index (χ4v) is 2.38. The number of carboxylic acids is 1. The molecule has 2 fully saturated rings.